The quantitative estimate of drug-likeness (QED) is 0.102. The van der Waals surface area contributed by atoms with Crippen LogP contribution in [0.4, 0.5) is 0 Å². The van der Waals surface area contributed by atoms with Crippen LogP contribution in [0.1, 0.15) is 124 Å². The molecular formula is C48H70O3Si. The molecule has 3 saturated carbocycles. The van der Waals surface area contributed by atoms with Crippen molar-refractivity contribution < 1.29 is 14.3 Å². The summed E-state index contributed by atoms with van der Waals surface area (Å²) in [6.07, 6.45) is 8.51. The van der Waals surface area contributed by atoms with Crippen LogP contribution < -0.4 is 0 Å². The molecule has 3 fully saturated rings. The standard InChI is InChI=1S/C48H70O3Si/c1-34(2)52(35(3)4,36(5)6)51-45-31-42-28-27-37(7)43(47(42,9)44-30-38(33-49)32-46(44,45)8)26-19-29-50-48(39-20-13-10-14-21-39,40-22-15-11-16-23-40)41-24-17-12-18-25-41/h10-18,20-25,34-38,42-45,49H,19,26-33H2,1-9H3/t37-,38-,42+,43+,44+,45+,46-,47+/m0/s1. The Hall–Kier alpha value is -2.24. The van der Waals surface area contributed by atoms with Gasteiger partial charge in [0.25, 0.3) is 0 Å². The number of hydrogen-bond acceptors (Lipinski definition) is 3. The Morgan fingerprint density at radius 1 is 0.750 bits per heavy atom. The predicted molar refractivity (Wildman–Crippen MR) is 220 cm³/mol. The zero-order valence-corrected chi connectivity index (χ0v) is 35.0. The van der Waals surface area contributed by atoms with Gasteiger partial charge in [0.2, 0.25) is 8.32 Å². The molecule has 0 bridgehead atoms. The maximum atomic E-state index is 10.7. The molecule has 3 aromatic carbocycles. The maximum absolute atomic E-state index is 10.7. The van der Waals surface area contributed by atoms with Crippen LogP contribution >= 0.6 is 0 Å². The Labute approximate surface area is 318 Å². The Balaban J connectivity index is 1.30. The minimum Gasteiger partial charge on any atom is -0.413 e. The van der Waals surface area contributed by atoms with Crippen molar-refractivity contribution in [2.24, 2.45) is 40.4 Å². The Kier molecular flexibility index (Phi) is 12.0. The molecule has 284 valence electrons. The molecule has 3 aliphatic rings. The lowest BCUT2D eigenvalue weighted by atomic mass is 9.43. The van der Waals surface area contributed by atoms with Crippen LogP contribution in [0.5, 0.6) is 0 Å². The van der Waals surface area contributed by atoms with E-state index in [0.29, 0.717) is 59.4 Å². The van der Waals surface area contributed by atoms with Gasteiger partial charge in [0, 0.05) is 13.2 Å². The third-order valence-corrected chi connectivity index (χ3v) is 21.4. The lowest BCUT2D eigenvalue weighted by Gasteiger charge is -2.64. The van der Waals surface area contributed by atoms with Crippen molar-refractivity contribution in [1.82, 2.24) is 0 Å². The van der Waals surface area contributed by atoms with Gasteiger partial charge in [0.15, 0.2) is 0 Å². The minimum absolute atomic E-state index is 0.0878. The van der Waals surface area contributed by atoms with E-state index in [0.717, 1.165) is 19.3 Å². The van der Waals surface area contributed by atoms with Gasteiger partial charge in [0.1, 0.15) is 5.60 Å². The minimum atomic E-state index is -2.07. The van der Waals surface area contributed by atoms with Gasteiger partial charge in [-0.05, 0) is 112 Å². The first-order valence-electron chi connectivity index (χ1n) is 20.9. The van der Waals surface area contributed by atoms with Crippen molar-refractivity contribution in [3.63, 3.8) is 0 Å². The number of rotatable bonds is 14. The van der Waals surface area contributed by atoms with Gasteiger partial charge in [-0.25, -0.2) is 0 Å². The molecule has 0 saturated heterocycles. The summed E-state index contributed by atoms with van der Waals surface area (Å²) >= 11 is 0. The van der Waals surface area contributed by atoms with Crippen molar-refractivity contribution in [3.05, 3.63) is 108 Å². The number of aliphatic hydroxyl groups excluding tert-OH is 1. The molecule has 3 nitrogen and oxygen atoms in total. The number of hydrogen-bond donors (Lipinski definition) is 1. The Morgan fingerprint density at radius 2 is 1.25 bits per heavy atom. The second kappa shape index (κ2) is 15.9. The topological polar surface area (TPSA) is 38.7 Å². The van der Waals surface area contributed by atoms with Gasteiger partial charge in [-0.1, -0.05) is 160 Å². The molecule has 6 rings (SSSR count). The van der Waals surface area contributed by atoms with E-state index < -0.39 is 13.9 Å². The molecule has 0 heterocycles. The zero-order valence-electron chi connectivity index (χ0n) is 34.0. The highest BCUT2D eigenvalue weighted by Gasteiger charge is 2.66. The van der Waals surface area contributed by atoms with Crippen LogP contribution in [0.25, 0.3) is 0 Å². The van der Waals surface area contributed by atoms with Gasteiger partial charge in [-0.3, -0.25) is 0 Å². The molecule has 4 heteroatoms. The van der Waals surface area contributed by atoms with E-state index >= 15 is 0 Å². The molecule has 8 atom stereocenters. The summed E-state index contributed by atoms with van der Waals surface area (Å²) in [5, 5.41) is 10.7. The molecule has 0 spiro atoms. The fourth-order valence-corrected chi connectivity index (χ4v) is 18.6. The zero-order chi connectivity index (χ0) is 37.3. The number of ether oxygens (including phenoxy) is 1. The van der Waals surface area contributed by atoms with Crippen LogP contribution in [0, 0.1) is 40.4 Å². The van der Waals surface area contributed by atoms with E-state index in [1.807, 2.05) is 0 Å². The average molecular weight is 723 g/mol. The van der Waals surface area contributed by atoms with Crippen molar-refractivity contribution in [3.8, 4) is 0 Å². The van der Waals surface area contributed by atoms with E-state index in [2.05, 4.69) is 153 Å². The van der Waals surface area contributed by atoms with Crippen molar-refractivity contribution in [2.75, 3.05) is 13.2 Å². The molecule has 1 N–H and O–H groups in total. The number of fused-ring (bicyclic) bond motifs is 3. The molecular weight excluding hydrogens is 653 g/mol. The van der Waals surface area contributed by atoms with Gasteiger partial charge in [-0.15, -0.1) is 0 Å². The van der Waals surface area contributed by atoms with E-state index in [4.69, 9.17) is 9.16 Å². The lowest BCUT2D eigenvalue weighted by Crippen LogP contribution is -2.62. The Bertz CT molecular complexity index is 1440. The van der Waals surface area contributed by atoms with Crippen molar-refractivity contribution in [1.29, 1.82) is 0 Å². The molecule has 3 aliphatic carbocycles. The SMILES string of the molecule is CC(C)[Si](O[C@@H]1C[C@H]2CC[C@H](C)[C@@H](CCCOC(c3ccccc3)(c3ccccc3)c3ccccc3)[C@]2(C)[C@@H]2C[C@H](CO)C[C@@]21C)(C(C)C)C(C)C. The first kappa shape index (κ1) is 39.5. The van der Waals surface area contributed by atoms with Gasteiger partial charge in [-0.2, -0.15) is 0 Å². The highest BCUT2D eigenvalue weighted by molar-refractivity contribution is 6.77. The monoisotopic (exact) mass is 723 g/mol. The maximum Gasteiger partial charge on any atom is 0.200 e. The van der Waals surface area contributed by atoms with Gasteiger partial charge >= 0.3 is 0 Å². The molecule has 0 aliphatic heterocycles. The summed E-state index contributed by atoms with van der Waals surface area (Å²) in [4.78, 5) is 0. The molecule has 52 heavy (non-hydrogen) atoms. The summed E-state index contributed by atoms with van der Waals surface area (Å²) in [7, 11) is -2.07. The van der Waals surface area contributed by atoms with E-state index in [-0.39, 0.29) is 16.9 Å². The molecule has 0 unspecified atom stereocenters. The molecule has 3 aromatic rings. The fourth-order valence-electron chi connectivity index (χ4n) is 13.0. The summed E-state index contributed by atoms with van der Waals surface area (Å²) < 4.78 is 15.1. The highest BCUT2D eigenvalue weighted by atomic mass is 28.4. The van der Waals surface area contributed by atoms with Crippen LogP contribution in [0.3, 0.4) is 0 Å². The van der Waals surface area contributed by atoms with Gasteiger partial charge < -0.3 is 14.3 Å². The van der Waals surface area contributed by atoms with Crippen molar-refractivity contribution in [2.45, 2.75) is 136 Å². The largest absolute Gasteiger partial charge is 0.413 e. The summed E-state index contributed by atoms with van der Waals surface area (Å²) in [6, 6.07) is 32.5. The average Bonchev–Trinajstić information content (AvgIpc) is 3.51. The first-order valence-corrected chi connectivity index (χ1v) is 23.1. The third kappa shape index (κ3) is 6.71. The van der Waals surface area contributed by atoms with Crippen LogP contribution in [-0.4, -0.2) is 32.7 Å². The van der Waals surface area contributed by atoms with Crippen LogP contribution in [-0.2, 0) is 14.8 Å². The molecule has 0 radical (unpaired) electrons. The fraction of sp³-hybridized carbons (Fsp3) is 0.625. The van der Waals surface area contributed by atoms with E-state index in [1.54, 1.807) is 0 Å². The Morgan fingerprint density at radius 3 is 1.71 bits per heavy atom. The second-order valence-electron chi connectivity index (χ2n) is 18.7. The third-order valence-electron chi connectivity index (χ3n) is 15.2. The van der Waals surface area contributed by atoms with Crippen LogP contribution in [0.2, 0.25) is 16.6 Å². The summed E-state index contributed by atoms with van der Waals surface area (Å²) in [5.74, 6) is 2.89. The van der Waals surface area contributed by atoms with Crippen molar-refractivity contribution >= 4 is 8.32 Å². The number of benzene rings is 3. The normalized spacial score (nSPS) is 30.9. The lowest BCUT2D eigenvalue weighted by molar-refractivity contribution is -0.169. The summed E-state index contributed by atoms with van der Waals surface area (Å²) in [6.45, 7) is 23.4. The molecule has 0 aromatic heterocycles. The highest BCUT2D eigenvalue weighted by Crippen LogP contribution is 2.70. The smallest absolute Gasteiger partial charge is 0.200 e. The number of aliphatic hydroxyl groups is 1. The second-order valence-corrected chi connectivity index (χ2v) is 24.1. The van der Waals surface area contributed by atoms with Gasteiger partial charge in [0.05, 0.1) is 6.10 Å². The van der Waals surface area contributed by atoms with E-state index in [1.165, 1.54) is 42.4 Å². The first-order chi connectivity index (χ1) is 24.8. The van der Waals surface area contributed by atoms with E-state index in [9.17, 15) is 5.11 Å². The predicted octanol–water partition coefficient (Wildman–Crippen LogP) is 12.4. The van der Waals surface area contributed by atoms with Crippen LogP contribution in [0.15, 0.2) is 91.0 Å². The summed E-state index contributed by atoms with van der Waals surface area (Å²) in [5.41, 5.74) is 4.87. The molecule has 0 amide bonds.